The van der Waals surface area contributed by atoms with Gasteiger partial charge in [0.25, 0.3) is 5.69 Å². The number of anilines is 1. The Morgan fingerprint density at radius 2 is 2.19 bits per heavy atom. The van der Waals surface area contributed by atoms with Crippen LogP contribution in [0.2, 0.25) is 0 Å². The molecule has 0 aliphatic carbocycles. The Kier molecular flexibility index (Phi) is 3.82. The molecule has 0 bridgehead atoms. The van der Waals surface area contributed by atoms with E-state index in [0.29, 0.717) is 0 Å². The Morgan fingerprint density at radius 3 is 2.76 bits per heavy atom. The highest BCUT2D eigenvalue weighted by molar-refractivity contribution is 7.89. The average Bonchev–Trinajstić information content (AvgIpc) is 2.92. The Bertz CT molecular complexity index is 758. The topological polar surface area (TPSA) is 170 Å². The van der Waals surface area contributed by atoms with E-state index in [4.69, 9.17) is 5.73 Å². The van der Waals surface area contributed by atoms with E-state index in [1.807, 2.05) is 0 Å². The molecule has 112 valence electrons. The zero-order chi connectivity index (χ0) is 15.6. The Hall–Kier alpha value is -2.60. The standard InChI is InChI=1S/C9H11N7O4S/c1-5(9-11-14-15-12-9)13-21(19,20)8-4-6(16(17)18)2-3-7(8)10/h2-5,13H,10H2,1H3,(H,11,12,14,15). The van der Waals surface area contributed by atoms with Crippen LogP contribution in [-0.4, -0.2) is 34.0 Å². The summed E-state index contributed by atoms with van der Waals surface area (Å²) < 4.78 is 26.7. The molecule has 2 rings (SSSR count). The summed E-state index contributed by atoms with van der Waals surface area (Å²) >= 11 is 0. The van der Waals surface area contributed by atoms with Crippen LogP contribution in [0.15, 0.2) is 23.1 Å². The number of nitrogens with zero attached hydrogens (tertiary/aromatic N) is 4. The highest BCUT2D eigenvalue weighted by Gasteiger charge is 2.25. The molecule has 1 heterocycles. The van der Waals surface area contributed by atoms with Crippen LogP contribution in [0.3, 0.4) is 0 Å². The number of aromatic amines is 1. The van der Waals surface area contributed by atoms with Gasteiger partial charge in [-0.3, -0.25) is 10.1 Å². The number of sulfonamides is 1. The van der Waals surface area contributed by atoms with Crippen molar-refractivity contribution in [3.05, 3.63) is 34.1 Å². The summed E-state index contributed by atoms with van der Waals surface area (Å²) in [4.78, 5) is 9.63. The molecule has 0 saturated carbocycles. The van der Waals surface area contributed by atoms with Crippen molar-refractivity contribution < 1.29 is 13.3 Å². The normalized spacial score (nSPS) is 13.0. The van der Waals surface area contributed by atoms with Crippen LogP contribution in [0, 0.1) is 10.1 Å². The van der Waals surface area contributed by atoms with Gasteiger partial charge in [0.2, 0.25) is 10.0 Å². The minimum Gasteiger partial charge on any atom is -0.398 e. The maximum absolute atomic E-state index is 12.2. The Morgan fingerprint density at radius 1 is 1.48 bits per heavy atom. The molecule has 1 unspecified atom stereocenters. The summed E-state index contributed by atoms with van der Waals surface area (Å²) in [5.41, 5.74) is 5.10. The van der Waals surface area contributed by atoms with Crippen LogP contribution in [-0.2, 0) is 10.0 Å². The smallest absolute Gasteiger partial charge is 0.270 e. The number of hydrogen-bond acceptors (Lipinski definition) is 8. The second-order valence-electron chi connectivity index (χ2n) is 4.09. The first kappa shape index (κ1) is 14.8. The van der Waals surface area contributed by atoms with Crippen molar-refractivity contribution in [2.45, 2.75) is 17.9 Å². The van der Waals surface area contributed by atoms with Gasteiger partial charge in [-0.05, 0) is 13.0 Å². The number of nitro benzene ring substituents is 1. The summed E-state index contributed by atoms with van der Waals surface area (Å²) in [5, 5.41) is 23.5. The summed E-state index contributed by atoms with van der Waals surface area (Å²) in [6, 6.07) is 2.39. The molecule has 0 aliphatic heterocycles. The third-order valence-corrected chi connectivity index (χ3v) is 4.17. The van der Waals surface area contributed by atoms with Crippen LogP contribution in [0.25, 0.3) is 0 Å². The van der Waals surface area contributed by atoms with Crippen molar-refractivity contribution in [3.63, 3.8) is 0 Å². The van der Waals surface area contributed by atoms with Crippen LogP contribution >= 0.6 is 0 Å². The van der Waals surface area contributed by atoms with Gasteiger partial charge >= 0.3 is 0 Å². The number of benzene rings is 1. The van der Waals surface area contributed by atoms with Crippen molar-refractivity contribution in [1.82, 2.24) is 25.3 Å². The van der Waals surface area contributed by atoms with E-state index < -0.39 is 21.0 Å². The predicted octanol–water partition coefficient (Wildman–Crippen LogP) is -0.270. The molecule has 0 spiro atoms. The lowest BCUT2D eigenvalue weighted by Gasteiger charge is -2.12. The van der Waals surface area contributed by atoms with E-state index in [0.717, 1.165) is 18.2 Å². The highest BCUT2D eigenvalue weighted by atomic mass is 32.2. The van der Waals surface area contributed by atoms with E-state index in [2.05, 4.69) is 25.3 Å². The number of aromatic nitrogens is 4. The summed E-state index contributed by atoms with van der Waals surface area (Å²) in [5.74, 6) is 0.127. The Labute approximate surface area is 118 Å². The van der Waals surface area contributed by atoms with E-state index in [1.165, 1.54) is 6.92 Å². The summed E-state index contributed by atoms with van der Waals surface area (Å²) in [7, 11) is -4.07. The van der Waals surface area contributed by atoms with Crippen LogP contribution in [0.4, 0.5) is 11.4 Å². The molecule has 2 aromatic rings. The van der Waals surface area contributed by atoms with Gasteiger partial charge in [-0.15, -0.1) is 10.2 Å². The van der Waals surface area contributed by atoms with Crippen molar-refractivity contribution in [1.29, 1.82) is 0 Å². The molecule has 12 heteroatoms. The van der Waals surface area contributed by atoms with Crippen molar-refractivity contribution in [2.24, 2.45) is 0 Å². The zero-order valence-corrected chi connectivity index (χ0v) is 11.5. The second kappa shape index (κ2) is 5.41. The molecule has 0 aliphatic rings. The van der Waals surface area contributed by atoms with Gasteiger partial charge < -0.3 is 5.73 Å². The summed E-state index contributed by atoms with van der Waals surface area (Å²) in [6.07, 6.45) is 0. The molecule has 0 radical (unpaired) electrons. The van der Waals surface area contributed by atoms with E-state index in [1.54, 1.807) is 0 Å². The summed E-state index contributed by atoms with van der Waals surface area (Å²) in [6.45, 7) is 1.50. The van der Waals surface area contributed by atoms with Crippen molar-refractivity contribution >= 4 is 21.4 Å². The van der Waals surface area contributed by atoms with Gasteiger partial charge in [0.1, 0.15) is 4.90 Å². The number of non-ortho nitro benzene ring substituents is 1. The molecule has 11 nitrogen and oxygen atoms in total. The van der Waals surface area contributed by atoms with Gasteiger partial charge in [0.05, 0.1) is 16.7 Å². The minimum atomic E-state index is -4.07. The average molecular weight is 313 g/mol. The highest BCUT2D eigenvalue weighted by Crippen LogP contribution is 2.25. The first-order valence-corrected chi connectivity index (χ1v) is 7.09. The predicted molar refractivity (Wildman–Crippen MR) is 70.4 cm³/mol. The van der Waals surface area contributed by atoms with Crippen LogP contribution < -0.4 is 10.5 Å². The van der Waals surface area contributed by atoms with Crippen molar-refractivity contribution in [3.8, 4) is 0 Å². The molecule has 4 N–H and O–H groups in total. The monoisotopic (exact) mass is 313 g/mol. The fourth-order valence-electron chi connectivity index (χ4n) is 1.57. The molecule has 1 aromatic carbocycles. The van der Waals surface area contributed by atoms with Gasteiger partial charge in [-0.2, -0.15) is 5.21 Å². The number of nitrogens with one attached hydrogen (secondary N) is 2. The first-order chi connectivity index (χ1) is 9.81. The quantitative estimate of drug-likeness (QED) is 0.384. The van der Waals surface area contributed by atoms with Gasteiger partial charge in [-0.25, -0.2) is 13.1 Å². The molecular weight excluding hydrogens is 302 g/mol. The fourth-order valence-corrected chi connectivity index (χ4v) is 2.92. The largest absolute Gasteiger partial charge is 0.398 e. The van der Waals surface area contributed by atoms with Crippen LogP contribution in [0.1, 0.15) is 18.8 Å². The number of nitro groups is 1. The Balaban J connectivity index is 2.35. The zero-order valence-electron chi connectivity index (χ0n) is 10.7. The number of hydrogen-bond donors (Lipinski definition) is 3. The lowest BCUT2D eigenvalue weighted by Crippen LogP contribution is -2.28. The van der Waals surface area contributed by atoms with E-state index in [-0.39, 0.29) is 22.1 Å². The molecule has 21 heavy (non-hydrogen) atoms. The van der Waals surface area contributed by atoms with Gasteiger partial charge in [0, 0.05) is 12.1 Å². The van der Waals surface area contributed by atoms with Crippen LogP contribution in [0.5, 0.6) is 0 Å². The molecule has 0 saturated heterocycles. The lowest BCUT2D eigenvalue weighted by molar-refractivity contribution is -0.385. The molecule has 0 amide bonds. The molecule has 1 atom stereocenters. The molecule has 1 aromatic heterocycles. The molecular formula is C9H11N7O4S. The third-order valence-electron chi connectivity index (χ3n) is 2.58. The molecule has 0 fully saturated rings. The number of nitrogens with two attached hydrogens (primary N) is 1. The number of nitrogen functional groups attached to an aromatic ring is 1. The third kappa shape index (κ3) is 3.11. The number of H-pyrrole nitrogens is 1. The SMILES string of the molecule is CC(NS(=O)(=O)c1cc([N+](=O)[O-])ccc1N)c1nn[nH]n1. The van der Waals surface area contributed by atoms with E-state index >= 15 is 0 Å². The first-order valence-electron chi connectivity index (χ1n) is 5.61. The number of tetrazole rings is 1. The fraction of sp³-hybridized carbons (Fsp3) is 0.222. The van der Waals surface area contributed by atoms with Crippen molar-refractivity contribution in [2.75, 3.05) is 5.73 Å². The maximum atomic E-state index is 12.2. The maximum Gasteiger partial charge on any atom is 0.270 e. The lowest BCUT2D eigenvalue weighted by atomic mass is 10.3. The second-order valence-corrected chi connectivity index (χ2v) is 5.77. The minimum absolute atomic E-state index is 0.103. The van der Waals surface area contributed by atoms with E-state index in [9.17, 15) is 18.5 Å². The number of rotatable bonds is 5. The van der Waals surface area contributed by atoms with Gasteiger partial charge in [0.15, 0.2) is 5.82 Å². The van der Waals surface area contributed by atoms with Gasteiger partial charge in [-0.1, -0.05) is 5.21 Å².